The van der Waals surface area contributed by atoms with Crippen LogP contribution >= 0.6 is 0 Å². The Balaban J connectivity index is 1.40. The third-order valence-electron chi connectivity index (χ3n) is 4.40. The highest BCUT2D eigenvalue weighted by Gasteiger charge is 2.28. The van der Waals surface area contributed by atoms with Gasteiger partial charge in [0.25, 0.3) is 5.91 Å². The Kier molecular flexibility index (Phi) is 4.41. The summed E-state index contributed by atoms with van der Waals surface area (Å²) in [7, 11) is 1.80. The molecule has 0 bridgehead atoms. The van der Waals surface area contributed by atoms with Gasteiger partial charge < -0.3 is 10.6 Å². The molecule has 3 aromatic rings. The summed E-state index contributed by atoms with van der Waals surface area (Å²) in [6, 6.07) is 9.11. The van der Waals surface area contributed by atoms with E-state index in [2.05, 4.69) is 30.9 Å². The highest BCUT2D eigenvalue weighted by Crippen LogP contribution is 2.20. The van der Waals surface area contributed by atoms with Gasteiger partial charge in [-0.1, -0.05) is 30.3 Å². The van der Waals surface area contributed by atoms with Gasteiger partial charge in [-0.15, -0.1) is 5.10 Å². The minimum absolute atomic E-state index is 0.0226. The van der Waals surface area contributed by atoms with Crippen LogP contribution in [0.15, 0.2) is 36.5 Å². The van der Waals surface area contributed by atoms with Crippen molar-refractivity contribution in [2.24, 2.45) is 7.05 Å². The predicted molar refractivity (Wildman–Crippen MR) is 97.0 cm³/mol. The second-order valence-corrected chi connectivity index (χ2v) is 6.49. The molecule has 138 valence electrons. The van der Waals surface area contributed by atoms with E-state index < -0.39 is 11.9 Å². The molecule has 0 spiro atoms. The standard InChI is InChI=1S/C18H19N7O2/c1-25-10-14-12(24-25)7-8-13(17(26)20-14)19-18(27)16-21-15(22-23-16)9-11-5-3-2-4-6-11/h2-6,10,13H,7-9H2,1H3,(H,19,27)(H,20,26)(H,21,22,23). The normalized spacial score (nSPS) is 16.3. The Labute approximate surface area is 155 Å². The predicted octanol–water partition coefficient (Wildman–Crippen LogP) is 0.812. The molecule has 0 saturated heterocycles. The van der Waals surface area contributed by atoms with Gasteiger partial charge in [-0.3, -0.25) is 19.4 Å². The number of fused-ring (bicyclic) bond motifs is 1. The number of nitrogens with zero attached hydrogens (tertiary/aromatic N) is 4. The van der Waals surface area contributed by atoms with Gasteiger partial charge in [0.15, 0.2) is 0 Å². The Bertz CT molecular complexity index is 977. The van der Waals surface area contributed by atoms with E-state index >= 15 is 0 Å². The van der Waals surface area contributed by atoms with Crippen molar-refractivity contribution in [3.63, 3.8) is 0 Å². The lowest BCUT2D eigenvalue weighted by Gasteiger charge is -2.13. The van der Waals surface area contributed by atoms with Crippen LogP contribution in [0.1, 0.15) is 34.1 Å². The van der Waals surface area contributed by atoms with Crippen LogP contribution in [0.5, 0.6) is 0 Å². The highest BCUT2D eigenvalue weighted by atomic mass is 16.2. The molecule has 2 aromatic heterocycles. The first-order valence-corrected chi connectivity index (χ1v) is 8.68. The lowest BCUT2D eigenvalue weighted by molar-refractivity contribution is -0.118. The van der Waals surface area contributed by atoms with Crippen molar-refractivity contribution >= 4 is 17.5 Å². The number of aromatic nitrogens is 5. The minimum atomic E-state index is -0.659. The van der Waals surface area contributed by atoms with Crippen LogP contribution in [0, 0.1) is 0 Å². The lowest BCUT2D eigenvalue weighted by atomic mass is 10.1. The molecule has 0 fully saturated rings. The number of hydrogen-bond donors (Lipinski definition) is 3. The molecular weight excluding hydrogens is 346 g/mol. The first-order chi connectivity index (χ1) is 13.1. The molecule has 0 aliphatic carbocycles. The van der Waals surface area contributed by atoms with Crippen molar-refractivity contribution < 1.29 is 9.59 Å². The van der Waals surface area contributed by atoms with Crippen LogP contribution in [0.4, 0.5) is 5.69 Å². The van der Waals surface area contributed by atoms with E-state index in [9.17, 15) is 9.59 Å². The van der Waals surface area contributed by atoms with Crippen molar-refractivity contribution in [1.29, 1.82) is 0 Å². The smallest absolute Gasteiger partial charge is 0.291 e. The molecule has 3 N–H and O–H groups in total. The fourth-order valence-electron chi connectivity index (χ4n) is 3.08. The summed E-state index contributed by atoms with van der Waals surface area (Å²) in [5, 5.41) is 16.6. The largest absolute Gasteiger partial charge is 0.337 e. The van der Waals surface area contributed by atoms with Crippen LogP contribution in [0.2, 0.25) is 0 Å². The maximum Gasteiger partial charge on any atom is 0.291 e. The number of carbonyl (C=O) groups excluding carboxylic acids is 2. The number of anilines is 1. The minimum Gasteiger partial charge on any atom is -0.337 e. The highest BCUT2D eigenvalue weighted by molar-refractivity contribution is 6.00. The summed E-state index contributed by atoms with van der Waals surface area (Å²) in [6.45, 7) is 0. The molecule has 2 amide bonds. The molecule has 0 saturated carbocycles. The molecular formula is C18H19N7O2. The summed E-state index contributed by atoms with van der Waals surface area (Å²) in [5.41, 5.74) is 2.56. The van der Waals surface area contributed by atoms with Crippen molar-refractivity contribution in [1.82, 2.24) is 30.3 Å². The third kappa shape index (κ3) is 3.71. The van der Waals surface area contributed by atoms with E-state index in [1.54, 1.807) is 17.9 Å². The zero-order chi connectivity index (χ0) is 18.8. The first kappa shape index (κ1) is 17.0. The summed E-state index contributed by atoms with van der Waals surface area (Å²) >= 11 is 0. The summed E-state index contributed by atoms with van der Waals surface area (Å²) in [6.07, 6.45) is 3.35. The van der Waals surface area contributed by atoms with Crippen LogP contribution in [-0.4, -0.2) is 42.8 Å². The second-order valence-electron chi connectivity index (χ2n) is 6.49. The monoisotopic (exact) mass is 365 g/mol. The average Bonchev–Trinajstić information content (AvgIpc) is 3.22. The maximum atomic E-state index is 12.4. The van der Waals surface area contributed by atoms with Crippen LogP contribution in [0.3, 0.4) is 0 Å². The number of rotatable bonds is 4. The van der Waals surface area contributed by atoms with E-state index in [1.807, 2.05) is 30.3 Å². The molecule has 9 heteroatoms. The van der Waals surface area contributed by atoms with E-state index in [1.165, 1.54) is 0 Å². The first-order valence-electron chi connectivity index (χ1n) is 8.68. The molecule has 3 heterocycles. The van der Waals surface area contributed by atoms with Gasteiger partial charge in [0.2, 0.25) is 11.7 Å². The average molecular weight is 365 g/mol. The van der Waals surface area contributed by atoms with E-state index in [4.69, 9.17) is 0 Å². The molecule has 27 heavy (non-hydrogen) atoms. The number of H-pyrrole nitrogens is 1. The molecule has 1 unspecified atom stereocenters. The van der Waals surface area contributed by atoms with E-state index in [-0.39, 0.29) is 11.7 Å². The van der Waals surface area contributed by atoms with E-state index in [0.717, 1.165) is 11.3 Å². The Morgan fingerprint density at radius 1 is 1.33 bits per heavy atom. The Morgan fingerprint density at radius 3 is 2.96 bits per heavy atom. The molecule has 1 aromatic carbocycles. The van der Waals surface area contributed by atoms with Crippen molar-refractivity contribution in [3.8, 4) is 0 Å². The molecule has 1 aliphatic rings. The Morgan fingerprint density at radius 2 is 2.15 bits per heavy atom. The zero-order valence-electron chi connectivity index (χ0n) is 14.8. The van der Waals surface area contributed by atoms with Gasteiger partial charge >= 0.3 is 0 Å². The van der Waals surface area contributed by atoms with Crippen LogP contribution < -0.4 is 10.6 Å². The Hall–Kier alpha value is -3.49. The molecule has 1 aliphatic heterocycles. The van der Waals surface area contributed by atoms with Gasteiger partial charge in [0, 0.05) is 19.7 Å². The van der Waals surface area contributed by atoms with Crippen LogP contribution in [0.25, 0.3) is 0 Å². The number of carbonyl (C=O) groups is 2. The second kappa shape index (κ2) is 7.02. The topological polar surface area (TPSA) is 118 Å². The molecule has 9 nitrogen and oxygen atoms in total. The van der Waals surface area contributed by atoms with Gasteiger partial charge in [0.1, 0.15) is 11.9 Å². The third-order valence-corrected chi connectivity index (χ3v) is 4.40. The number of nitrogens with one attached hydrogen (secondary N) is 3. The molecule has 1 atom stereocenters. The number of aryl methyl sites for hydroxylation is 2. The zero-order valence-corrected chi connectivity index (χ0v) is 14.8. The van der Waals surface area contributed by atoms with Gasteiger partial charge in [-0.2, -0.15) is 5.10 Å². The van der Waals surface area contributed by atoms with Crippen molar-refractivity contribution in [3.05, 3.63) is 59.4 Å². The molecule has 0 radical (unpaired) electrons. The number of benzene rings is 1. The fraction of sp³-hybridized carbons (Fsp3) is 0.278. The summed E-state index contributed by atoms with van der Waals surface area (Å²) < 4.78 is 1.66. The number of amides is 2. The van der Waals surface area contributed by atoms with E-state index in [0.29, 0.717) is 30.8 Å². The van der Waals surface area contributed by atoms with Gasteiger partial charge in [0.05, 0.1) is 11.4 Å². The summed E-state index contributed by atoms with van der Waals surface area (Å²) in [5.74, 6) is -0.135. The SMILES string of the molecule is Cn1cc2c(n1)CCC(NC(=O)c1n[nH]c(Cc3ccccc3)n1)C(=O)N2. The number of aromatic amines is 1. The lowest BCUT2D eigenvalue weighted by Crippen LogP contribution is -2.43. The fourth-order valence-corrected chi connectivity index (χ4v) is 3.08. The van der Waals surface area contributed by atoms with Gasteiger partial charge in [-0.05, 0) is 18.4 Å². The number of hydrogen-bond acceptors (Lipinski definition) is 5. The quantitative estimate of drug-likeness (QED) is 0.632. The van der Waals surface area contributed by atoms with Crippen molar-refractivity contribution in [2.75, 3.05) is 5.32 Å². The summed E-state index contributed by atoms with van der Waals surface area (Å²) in [4.78, 5) is 29.1. The van der Waals surface area contributed by atoms with Gasteiger partial charge in [-0.25, -0.2) is 4.98 Å². The molecule has 4 rings (SSSR count). The maximum absolute atomic E-state index is 12.4. The van der Waals surface area contributed by atoms with Crippen LogP contribution in [-0.2, 0) is 24.7 Å². The van der Waals surface area contributed by atoms with Crippen molar-refractivity contribution in [2.45, 2.75) is 25.3 Å².